The number of nitrogens with zero attached hydrogens (tertiary/aromatic N) is 2. The second-order valence-electron chi connectivity index (χ2n) is 4.58. The number of aromatic nitrogens is 1. The zero-order valence-electron chi connectivity index (χ0n) is 10.7. The fourth-order valence-electron chi connectivity index (χ4n) is 2.09. The Morgan fingerprint density at radius 1 is 1.42 bits per heavy atom. The minimum absolute atomic E-state index is 0.0501. The number of carbonyl (C=O) groups is 2. The van der Waals surface area contributed by atoms with Gasteiger partial charge < -0.3 is 10.2 Å². The molecule has 1 atom stereocenters. The minimum Gasteiger partial charge on any atom is -0.341 e. The molecule has 1 N–H and O–H groups in total. The lowest BCUT2D eigenvalue weighted by atomic mass is 10.2. The number of hydrogen-bond acceptors (Lipinski definition) is 3. The standard InChI is InChI=1S/C13H16ClN3O2/c1-9(13(19)17-6-2-3-7-17)16-12(18)10-8-15-5-4-11(10)14/h4-5,8-9H,2-3,6-7H2,1H3,(H,16,18). The summed E-state index contributed by atoms with van der Waals surface area (Å²) in [6.45, 7) is 3.22. The summed E-state index contributed by atoms with van der Waals surface area (Å²) in [6.07, 6.45) is 4.96. The van der Waals surface area contributed by atoms with Crippen molar-refractivity contribution in [3.8, 4) is 0 Å². The maximum absolute atomic E-state index is 12.1. The molecule has 1 saturated heterocycles. The van der Waals surface area contributed by atoms with Crippen LogP contribution in [0.2, 0.25) is 5.02 Å². The molecule has 19 heavy (non-hydrogen) atoms. The number of amides is 2. The van der Waals surface area contributed by atoms with Crippen LogP contribution in [0.25, 0.3) is 0 Å². The summed E-state index contributed by atoms with van der Waals surface area (Å²) in [5.41, 5.74) is 0.283. The minimum atomic E-state index is -0.554. The second kappa shape index (κ2) is 6.02. The molecule has 6 heteroatoms. The van der Waals surface area contributed by atoms with Crippen molar-refractivity contribution < 1.29 is 9.59 Å². The highest BCUT2D eigenvalue weighted by atomic mass is 35.5. The van der Waals surface area contributed by atoms with Gasteiger partial charge in [0.2, 0.25) is 5.91 Å². The molecule has 0 bridgehead atoms. The highest BCUT2D eigenvalue weighted by Gasteiger charge is 2.25. The molecule has 0 radical (unpaired) electrons. The SMILES string of the molecule is CC(NC(=O)c1cnccc1Cl)C(=O)N1CCCC1. The van der Waals surface area contributed by atoms with Gasteiger partial charge in [-0.2, -0.15) is 0 Å². The molecule has 0 aromatic carbocycles. The van der Waals surface area contributed by atoms with Crippen molar-refractivity contribution in [2.24, 2.45) is 0 Å². The first-order valence-electron chi connectivity index (χ1n) is 6.29. The van der Waals surface area contributed by atoms with Crippen molar-refractivity contribution in [1.82, 2.24) is 15.2 Å². The van der Waals surface area contributed by atoms with Crippen molar-refractivity contribution >= 4 is 23.4 Å². The smallest absolute Gasteiger partial charge is 0.255 e. The lowest BCUT2D eigenvalue weighted by Gasteiger charge is -2.21. The third-order valence-electron chi connectivity index (χ3n) is 3.15. The normalized spacial score (nSPS) is 16.2. The van der Waals surface area contributed by atoms with E-state index in [0.717, 1.165) is 25.9 Å². The highest BCUT2D eigenvalue weighted by Crippen LogP contribution is 2.14. The van der Waals surface area contributed by atoms with Gasteiger partial charge in [0, 0.05) is 25.5 Å². The third-order valence-corrected chi connectivity index (χ3v) is 3.48. The number of hydrogen-bond donors (Lipinski definition) is 1. The lowest BCUT2D eigenvalue weighted by molar-refractivity contribution is -0.131. The van der Waals surface area contributed by atoms with E-state index < -0.39 is 6.04 Å². The topological polar surface area (TPSA) is 62.3 Å². The second-order valence-corrected chi connectivity index (χ2v) is 4.99. The molecule has 5 nitrogen and oxygen atoms in total. The van der Waals surface area contributed by atoms with E-state index in [0.29, 0.717) is 5.02 Å². The molecule has 1 aromatic rings. The fraction of sp³-hybridized carbons (Fsp3) is 0.462. The van der Waals surface area contributed by atoms with E-state index in [4.69, 9.17) is 11.6 Å². The van der Waals surface area contributed by atoms with Gasteiger partial charge in [0.15, 0.2) is 0 Å². The monoisotopic (exact) mass is 281 g/mol. The van der Waals surface area contributed by atoms with E-state index in [1.54, 1.807) is 17.9 Å². The van der Waals surface area contributed by atoms with Gasteiger partial charge in [-0.1, -0.05) is 11.6 Å². The molecule has 0 aliphatic carbocycles. The Bertz CT molecular complexity index is 487. The van der Waals surface area contributed by atoms with Crippen LogP contribution in [0.3, 0.4) is 0 Å². The van der Waals surface area contributed by atoms with Crippen LogP contribution in [0, 0.1) is 0 Å². The summed E-state index contributed by atoms with van der Waals surface area (Å²) >= 11 is 5.91. The summed E-state index contributed by atoms with van der Waals surface area (Å²) in [7, 11) is 0. The maximum Gasteiger partial charge on any atom is 0.255 e. The molecular weight excluding hydrogens is 266 g/mol. The molecule has 1 fully saturated rings. The van der Waals surface area contributed by atoms with Crippen LogP contribution in [0.15, 0.2) is 18.5 Å². The predicted octanol–water partition coefficient (Wildman–Crippen LogP) is 1.48. The Hall–Kier alpha value is -1.62. The zero-order valence-corrected chi connectivity index (χ0v) is 11.5. The Morgan fingerprint density at radius 2 is 2.11 bits per heavy atom. The van der Waals surface area contributed by atoms with Crippen LogP contribution in [-0.4, -0.2) is 40.8 Å². The molecule has 1 unspecified atom stereocenters. The van der Waals surface area contributed by atoms with E-state index in [2.05, 4.69) is 10.3 Å². The first kappa shape index (κ1) is 13.8. The molecule has 1 aliphatic rings. The summed E-state index contributed by atoms with van der Waals surface area (Å²) in [6, 6.07) is 0.991. The van der Waals surface area contributed by atoms with Crippen LogP contribution < -0.4 is 5.32 Å². The highest BCUT2D eigenvalue weighted by molar-refractivity contribution is 6.33. The first-order valence-corrected chi connectivity index (χ1v) is 6.66. The van der Waals surface area contributed by atoms with Crippen LogP contribution in [0.4, 0.5) is 0 Å². The van der Waals surface area contributed by atoms with E-state index >= 15 is 0 Å². The summed E-state index contributed by atoms with van der Waals surface area (Å²) in [4.78, 5) is 29.7. The van der Waals surface area contributed by atoms with Crippen molar-refractivity contribution in [1.29, 1.82) is 0 Å². The average molecular weight is 282 g/mol. The van der Waals surface area contributed by atoms with Gasteiger partial charge in [-0.15, -0.1) is 0 Å². The summed E-state index contributed by atoms with van der Waals surface area (Å²) in [5, 5.41) is 2.99. The average Bonchev–Trinajstić information content (AvgIpc) is 2.92. The van der Waals surface area contributed by atoms with Gasteiger partial charge in [0.25, 0.3) is 5.91 Å². The number of rotatable bonds is 3. The van der Waals surface area contributed by atoms with Crippen molar-refractivity contribution in [2.75, 3.05) is 13.1 Å². The largest absolute Gasteiger partial charge is 0.341 e. The van der Waals surface area contributed by atoms with Crippen LogP contribution in [0.5, 0.6) is 0 Å². The van der Waals surface area contributed by atoms with Crippen LogP contribution in [0.1, 0.15) is 30.1 Å². The van der Waals surface area contributed by atoms with Crippen molar-refractivity contribution in [2.45, 2.75) is 25.8 Å². The van der Waals surface area contributed by atoms with Crippen molar-refractivity contribution in [3.63, 3.8) is 0 Å². The first-order chi connectivity index (χ1) is 9.09. The third kappa shape index (κ3) is 3.23. The molecule has 2 amide bonds. The maximum atomic E-state index is 12.1. The molecular formula is C13H16ClN3O2. The zero-order chi connectivity index (χ0) is 13.8. The molecule has 0 saturated carbocycles. The number of likely N-dealkylation sites (tertiary alicyclic amines) is 1. The summed E-state index contributed by atoms with van der Waals surface area (Å²) < 4.78 is 0. The molecule has 102 valence electrons. The lowest BCUT2D eigenvalue weighted by Crippen LogP contribution is -2.46. The predicted molar refractivity (Wildman–Crippen MR) is 72.0 cm³/mol. The molecule has 0 spiro atoms. The fourth-order valence-corrected chi connectivity index (χ4v) is 2.28. The number of halogens is 1. The Labute approximate surface area is 117 Å². The molecule has 1 aromatic heterocycles. The van der Waals surface area contributed by atoms with Gasteiger partial charge in [-0.3, -0.25) is 14.6 Å². The number of nitrogens with one attached hydrogen (secondary N) is 1. The van der Waals surface area contributed by atoms with Gasteiger partial charge in [0.05, 0.1) is 10.6 Å². The van der Waals surface area contributed by atoms with Crippen molar-refractivity contribution in [3.05, 3.63) is 29.0 Å². The van der Waals surface area contributed by atoms with Gasteiger partial charge in [-0.05, 0) is 25.8 Å². The Balaban J connectivity index is 1.98. The number of carbonyl (C=O) groups excluding carboxylic acids is 2. The van der Waals surface area contributed by atoms with E-state index in [9.17, 15) is 9.59 Å². The Morgan fingerprint density at radius 3 is 2.74 bits per heavy atom. The van der Waals surface area contributed by atoms with Gasteiger partial charge in [-0.25, -0.2) is 0 Å². The molecule has 2 heterocycles. The molecule has 2 rings (SSSR count). The van der Waals surface area contributed by atoms with Crippen LogP contribution in [-0.2, 0) is 4.79 Å². The van der Waals surface area contributed by atoms with E-state index in [-0.39, 0.29) is 17.4 Å². The number of pyridine rings is 1. The summed E-state index contributed by atoms with van der Waals surface area (Å²) in [5.74, 6) is -0.427. The van der Waals surface area contributed by atoms with Gasteiger partial charge in [0.1, 0.15) is 6.04 Å². The molecule has 1 aliphatic heterocycles. The van der Waals surface area contributed by atoms with Gasteiger partial charge >= 0.3 is 0 Å². The quantitative estimate of drug-likeness (QED) is 0.913. The van der Waals surface area contributed by atoms with E-state index in [1.807, 2.05) is 0 Å². The van der Waals surface area contributed by atoms with E-state index in [1.165, 1.54) is 12.4 Å². The van der Waals surface area contributed by atoms with Crippen LogP contribution >= 0.6 is 11.6 Å². The Kier molecular flexibility index (Phi) is 4.37.